The number of hydrogen-bond donors (Lipinski definition) is 2. The lowest BCUT2D eigenvalue weighted by Gasteiger charge is -2.05. The number of non-ortho nitro benzene ring substituents is 1. The average molecular weight is 349 g/mol. The van der Waals surface area contributed by atoms with Crippen molar-refractivity contribution in [2.45, 2.75) is 0 Å². The Morgan fingerprint density at radius 1 is 1.08 bits per heavy atom. The number of anilines is 2. The molecule has 4 aromatic rings. The van der Waals surface area contributed by atoms with E-state index < -0.39 is 10.5 Å². The lowest BCUT2D eigenvalue weighted by Crippen LogP contribution is -2.14. The zero-order valence-electron chi connectivity index (χ0n) is 13.2. The standard InChI is InChI=1S/C16H11N7O3/c24-16-14-13(15(19-20-16)17-10-4-2-1-3-5-10)18-21-22(14)11-6-8-12(9-7-11)23(25)26/h1-9H,(H,17,19)(H,20,24). The molecule has 0 bridgehead atoms. The van der Waals surface area contributed by atoms with Gasteiger partial charge in [0, 0.05) is 17.8 Å². The van der Waals surface area contributed by atoms with Crippen molar-refractivity contribution in [1.29, 1.82) is 0 Å². The highest BCUT2D eigenvalue weighted by Crippen LogP contribution is 2.22. The first-order chi connectivity index (χ1) is 12.6. The second-order valence-corrected chi connectivity index (χ2v) is 5.36. The van der Waals surface area contributed by atoms with Gasteiger partial charge in [-0.2, -0.15) is 5.10 Å². The number of H-pyrrole nitrogens is 1. The van der Waals surface area contributed by atoms with Gasteiger partial charge >= 0.3 is 0 Å². The quantitative estimate of drug-likeness (QED) is 0.426. The topological polar surface area (TPSA) is 132 Å². The maximum atomic E-state index is 12.3. The molecule has 2 heterocycles. The first-order valence-corrected chi connectivity index (χ1v) is 7.54. The number of aromatic amines is 1. The summed E-state index contributed by atoms with van der Waals surface area (Å²) in [5.74, 6) is 0.346. The van der Waals surface area contributed by atoms with Crippen LogP contribution in [0.4, 0.5) is 17.2 Å². The summed E-state index contributed by atoms with van der Waals surface area (Å²) in [5.41, 5.74) is 1.20. The van der Waals surface area contributed by atoms with Crippen LogP contribution in [-0.4, -0.2) is 30.1 Å². The largest absolute Gasteiger partial charge is 0.337 e. The van der Waals surface area contributed by atoms with E-state index in [1.165, 1.54) is 28.9 Å². The molecule has 0 amide bonds. The van der Waals surface area contributed by atoms with Crippen molar-refractivity contribution in [3.63, 3.8) is 0 Å². The van der Waals surface area contributed by atoms with Crippen molar-refractivity contribution in [1.82, 2.24) is 25.2 Å². The molecule has 0 saturated carbocycles. The summed E-state index contributed by atoms with van der Waals surface area (Å²) in [7, 11) is 0. The molecule has 0 aliphatic rings. The lowest BCUT2D eigenvalue weighted by atomic mass is 10.3. The lowest BCUT2D eigenvalue weighted by molar-refractivity contribution is -0.384. The van der Waals surface area contributed by atoms with Crippen LogP contribution >= 0.6 is 0 Å². The molecule has 0 atom stereocenters. The predicted octanol–water partition coefficient (Wildman–Crippen LogP) is 2.16. The highest BCUT2D eigenvalue weighted by molar-refractivity contribution is 5.87. The zero-order chi connectivity index (χ0) is 18.1. The Morgan fingerprint density at radius 2 is 1.81 bits per heavy atom. The third kappa shape index (κ3) is 2.65. The van der Waals surface area contributed by atoms with Crippen LogP contribution in [0.2, 0.25) is 0 Å². The summed E-state index contributed by atoms with van der Waals surface area (Å²) >= 11 is 0. The minimum absolute atomic E-state index is 0.0554. The molecule has 0 radical (unpaired) electrons. The first-order valence-electron chi connectivity index (χ1n) is 7.54. The molecular weight excluding hydrogens is 338 g/mol. The Labute approximate surface area is 145 Å². The number of nitro benzene ring substituents is 1. The van der Waals surface area contributed by atoms with E-state index in [9.17, 15) is 14.9 Å². The molecule has 0 unspecified atom stereocenters. The van der Waals surface area contributed by atoms with Crippen LogP contribution in [0, 0.1) is 10.1 Å². The monoisotopic (exact) mass is 349 g/mol. The Morgan fingerprint density at radius 3 is 2.50 bits per heavy atom. The number of aromatic nitrogens is 5. The smallest absolute Gasteiger partial charge is 0.292 e. The van der Waals surface area contributed by atoms with Crippen molar-refractivity contribution >= 4 is 28.2 Å². The van der Waals surface area contributed by atoms with E-state index in [2.05, 4.69) is 25.8 Å². The molecule has 10 nitrogen and oxygen atoms in total. The molecule has 26 heavy (non-hydrogen) atoms. The van der Waals surface area contributed by atoms with Crippen molar-refractivity contribution in [2.75, 3.05) is 5.32 Å². The van der Waals surface area contributed by atoms with Gasteiger partial charge in [0.05, 0.1) is 10.6 Å². The van der Waals surface area contributed by atoms with E-state index >= 15 is 0 Å². The molecule has 0 aliphatic carbocycles. The van der Waals surface area contributed by atoms with E-state index in [1.807, 2.05) is 30.3 Å². The zero-order valence-corrected chi connectivity index (χ0v) is 13.2. The maximum absolute atomic E-state index is 12.3. The van der Waals surface area contributed by atoms with Gasteiger partial charge in [0.1, 0.15) is 0 Å². The predicted molar refractivity (Wildman–Crippen MR) is 93.7 cm³/mol. The van der Waals surface area contributed by atoms with Crippen LogP contribution in [0.15, 0.2) is 59.4 Å². The third-order valence-corrected chi connectivity index (χ3v) is 3.72. The van der Waals surface area contributed by atoms with Gasteiger partial charge < -0.3 is 5.32 Å². The Bertz CT molecular complexity index is 1150. The van der Waals surface area contributed by atoms with Gasteiger partial charge in [-0.3, -0.25) is 14.9 Å². The molecule has 10 heteroatoms. The van der Waals surface area contributed by atoms with E-state index in [-0.39, 0.29) is 16.7 Å². The van der Waals surface area contributed by atoms with Gasteiger partial charge in [0.2, 0.25) is 0 Å². The molecule has 0 fully saturated rings. The summed E-state index contributed by atoms with van der Waals surface area (Å²) in [4.78, 5) is 22.5. The van der Waals surface area contributed by atoms with Crippen LogP contribution in [0.1, 0.15) is 0 Å². The summed E-state index contributed by atoms with van der Waals surface area (Å²) in [6, 6.07) is 15.0. The number of nitro groups is 1. The highest BCUT2D eigenvalue weighted by atomic mass is 16.6. The third-order valence-electron chi connectivity index (χ3n) is 3.72. The summed E-state index contributed by atoms with van der Waals surface area (Å²) < 4.78 is 1.32. The molecule has 0 aliphatic heterocycles. The fourth-order valence-corrected chi connectivity index (χ4v) is 2.50. The van der Waals surface area contributed by atoms with Crippen LogP contribution in [-0.2, 0) is 0 Å². The molecule has 2 aromatic heterocycles. The van der Waals surface area contributed by atoms with Crippen LogP contribution in [0.5, 0.6) is 0 Å². The van der Waals surface area contributed by atoms with Crippen molar-refractivity contribution in [3.05, 3.63) is 75.1 Å². The second kappa shape index (κ2) is 6.09. The van der Waals surface area contributed by atoms with Gasteiger partial charge in [-0.1, -0.05) is 23.4 Å². The van der Waals surface area contributed by atoms with E-state index in [4.69, 9.17) is 0 Å². The first kappa shape index (κ1) is 15.4. The fourth-order valence-electron chi connectivity index (χ4n) is 2.50. The second-order valence-electron chi connectivity index (χ2n) is 5.36. The number of rotatable bonds is 4. The van der Waals surface area contributed by atoms with Gasteiger partial charge in [-0.05, 0) is 24.3 Å². The number of nitrogens with one attached hydrogen (secondary N) is 2. The van der Waals surface area contributed by atoms with Crippen molar-refractivity contribution < 1.29 is 4.92 Å². The minimum atomic E-state index is -0.498. The van der Waals surface area contributed by atoms with E-state index in [0.717, 1.165) is 5.69 Å². The van der Waals surface area contributed by atoms with Gasteiger partial charge in [-0.25, -0.2) is 9.78 Å². The Balaban J connectivity index is 1.81. The molecule has 0 saturated heterocycles. The van der Waals surface area contributed by atoms with Crippen LogP contribution in [0.3, 0.4) is 0 Å². The summed E-state index contributed by atoms with van der Waals surface area (Å²) in [6.07, 6.45) is 0. The maximum Gasteiger partial charge on any atom is 0.292 e. The molecule has 2 aromatic carbocycles. The number of fused-ring (bicyclic) bond motifs is 1. The number of hydrogen-bond acceptors (Lipinski definition) is 7. The van der Waals surface area contributed by atoms with Gasteiger partial charge in [0.15, 0.2) is 16.9 Å². The fraction of sp³-hybridized carbons (Fsp3) is 0. The SMILES string of the molecule is O=c1[nH]nc(Nc2ccccc2)c2nnn(-c3ccc([N+](=O)[O-])cc3)c12. The number of nitrogens with zero attached hydrogens (tertiary/aromatic N) is 5. The van der Waals surface area contributed by atoms with Gasteiger partial charge in [-0.15, -0.1) is 5.10 Å². The minimum Gasteiger partial charge on any atom is -0.337 e. The van der Waals surface area contributed by atoms with Crippen molar-refractivity contribution in [2.24, 2.45) is 0 Å². The Kier molecular flexibility index (Phi) is 3.62. The normalized spacial score (nSPS) is 10.8. The molecule has 128 valence electrons. The number of para-hydroxylation sites is 1. The average Bonchev–Trinajstić information content (AvgIpc) is 3.11. The molecular formula is C16H11N7O3. The summed E-state index contributed by atoms with van der Waals surface area (Å²) in [5, 5.41) is 28.3. The molecule has 2 N–H and O–H groups in total. The van der Waals surface area contributed by atoms with Crippen LogP contribution < -0.4 is 10.9 Å². The van der Waals surface area contributed by atoms with Crippen LogP contribution in [0.25, 0.3) is 16.7 Å². The highest BCUT2D eigenvalue weighted by Gasteiger charge is 2.16. The summed E-state index contributed by atoms with van der Waals surface area (Å²) in [6.45, 7) is 0. The molecule has 0 spiro atoms. The number of benzene rings is 2. The van der Waals surface area contributed by atoms with Gasteiger partial charge in [0.25, 0.3) is 11.2 Å². The van der Waals surface area contributed by atoms with Crippen molar-refractivity contribution in [3.8, 4) is 5.69 Å². The van der Waals surface area contributed by atoms with E-state index in [0.29, 0.717) is 11.5 Å². The molecule has 4 rings (SSSR count). The van der Waals surface area contributed by atoms with E-state index in [1.54, 1.807) is 0 Å². The Hall–Kier alpha value is -4.08.